The summed E-state index contributed by atoms with van der Waals surface area (Å²) in [6.45, 7) is 2.72. The molecule has 178 valence electrons. The smallest absolute Gasteiger partial charge is 0.114 e. The maximum atomic E-state index is 10.1. The molecule has 0 saturated carbocycles. The van der Waals surface area contributed by atoms with Gasteiger partial charge in [0.15, 0.2) is 0 Å². The van der Waals surface area contributed by atoms with Gasteiger partial charge in [-0.2, -0.15) is 0 Å². The van der Waals surface area contributed by atoms with E-state index in [-0.39, 0.29) is 6.61 Å². The summed E-state index contributed by atoms with van der Waals surface area (Å²) in [4.78, 5) is 0. The van der Waals surface area contributed by atoms with Crippen LogP contribution in [0.2, 0.25) is 0 Å². The molecule has 5 nitrogen and oxygen atoms in total. The molecule has 3 N–H and O–H groups in total. The van der Waals surface area contributed by atoms with Crippen molar-refractivity contribution in [2.75, 3.05) is 19.8 Å². The lowest BCUT2D eigenvalue weighted by atomic mass is 10.0. The average Bonchev–Trinajstić information content (AvgIpc) is 3.12. The van der Waals surface area contributed by atoms with Crippen LogP contribution in [0.5, 0.6) is 0 Å². The van der Waals surface area contributed by atoms with Crippen molar-refractivity contribution in [3.05, 3.63) is 12.2 Å². The number of aliphatic hydroxyl groups excluding tert-OH is 3. The lowest BCUT2D eigenvalue weighted by molar-refractivity contribution is -0.0730. The van der Waals surface area contributed by atoms with E-state index in [0.717, 1.165) is 12.8 Å². The molecule has 30 heavy (non-hydrogen) atoms. The molecule has 5 heteroatoms. The van der Waals surface area contributed by atoms with Gasteiger partial charge >= 0.3 is 0 Å². The molecular formula is C25H48O5. The highest BCUT2D eigenvalue weighted by Crippen LogP contribution is 2.20. The van der Waals surface area contributed by atoms with Crippen molar-refractivity contribution < 1.29 is 24.8 Å². The normalized spacial score (nSPS) is 22.9. The quantitative estimate of drug-likeness (QED) is 0.190. The van der Waals surface area contributed by atoms with E-state index in [2.05, 4.69) is 19.1 Å². The molecule has 1 heterocycles. The van der Waals surface area contributed by atoms with Gasteiger partial charge < -0.3 is 24.8 Å². The van der Waals surface area contributed by atoms with Gasteiger partial charge in [0.05, 0.1) is 13.2 Å². The second kappa shape index (κ2) is 19.2. The van der Waals surface area contributed by atoms with Crippen LogP contribution in [0.15, 0.2) is 12.2 Å². The highest BCUT2D eigenvalue weighted by atomic mass is 16.6. The Morgan fingerprint density at radius 1 is 0.867 bits per heavy atom. The molecule has 1 aliphatic rings. The molecule has 1 saturated heterocycles. The fraction of sp³-hybridized carbons (Fsp3) is 0.920. The summed E-state index contributed by atoms with van der Waals surface area (Å²) < 4.78 is 11.0. The Bertz CT molecular complexity index is 401. The molecule has 0 amide bonds. The van der Waals surface area contributed by atoms with Crippen LogP contribution in [0.1, 0.15) is 103 Å². The topological polar surface area (TPSA) is 79.2 Å². The van der Waals surface area contributed by atoms with Gasteiger partial charge in [-0.1, -0.05) is 89.7 Å². The van der Waals surface area contributed by atoms with E-state index < -0.39 is 31.0 Å². The first-order valence-electron chi connectivity index (χ1n) is 12.6. The number of ether oxygens (including phenoxy) is 2. The van der Waals surface area contributed by atoms with Crippen molar-refractivity contribution in [1.29, 1.82) is 0 Å². The van der Waals surface area contributed by atoms with Crippen LogP contribution >= 0.6 is 0 Å². The van der Waals surface area contributed by atoms with E-state index in [1.165, 1.54) is 83.5 Å². The van der Waals surface area contributed by atoms with E-state index in [1.54, 1.807) is 0 Å². The van der Waals surface area contributed by atoms with Crippen LogP contribution < -0.4 is 0 Å². The predicted molar refractivity (Wildman–Crippen MR) is 123 cm³/mol. The van der Waals surface area contributed by atoms with E-state index in [9.17, 15) is 10.2 Å². The Morgan fingerprint density at radius 3 is 1.97 bits per heavy atom. The molecule has 1 rings (SSSR count). The monoisotopic (exact) mass is 428 g/mol. The molecule has 0 spiro atoms. The van der Waals surface area contributed by atoms with Crippen molar-refractivity contribution in [2.45, 2.75) is 128 Å². The second-order valence-corrected chi connectivity index (χ2v) is 8.74. The summed E-state index contributed by atoms with van der Waals surface area (Å²) in [5.41, 5.74) is 0. The van der Waals surface area contributed by atoms with Crippen molar-refractivity contribution in [2.24, 2.45) is 0 Å². The molecule has 0 aromatic carbocycles. The summed E-state index contributed by atoms with van der Waals surface area (Å²) in [5, 5.41) is 28.6. The van der Waals surface area contributed by atoms with Gasteiger partial charge in [0.25, 0.3) is 0 Å². The third-order valence-electron chi connectivity index (χ3n) is 5.97. The van der Waals surface area contributed by atoms with Crippen molar-refractivity contribution >= 4 is 0 Å². The van der Waals surface area contributed by atoms with Crippen LogP contribution in [-0.2, 0) is 9.47 Å². The van der Waals surface area contributed by atoms with Crippen LogP contribution in [-0.4, -0.2) is 59.6 Å². The lowest BCUT2D eigenvalue weighted by Gasteiger charge is -2.20. The summed E-state index contributed by atoms with van der Waals surface area (Å²) in [5.74, 6) is 0. The van der Waals surface area contributed by atoms with Crippen molar-refractivity contribution in [3.63, 3.8) is 0 Å². The van der Waals surface area contributed by atoms with Crippen LogP contribution in [0, 0.1) is 0 Å². The molecule has 1 fully saturated rings. The van der Waals surface area contributed by atoms with Gasteiger partial charge in [0.2, 0.25) is 0 Å². The Hall–Kier alpha value is -0.460. The number of hydrogen-bond donors (Lipinski definition) is 3. The SMILES string of the molecule is CCCC/C=C/CCCCCCCCCCCCCO[C@@H]1CO[C@@H]([C@@H](O)CO)[C@H]1O. The number of aliphatic hydroxyl groups is 3. The maximum Gasteiger partial charge on any atom is 0.114 e. The fourth-order valence-electron chi connectivity index (χ4n) is 3.95. The molecule has 4 atom stereocenters. The van der Waals surface area contributed by atoms with Gasteiger partial charge in [-0.15, -0.1) is 0 Å². The van der Waals surface area contributed by atoms with Gasteiger partial charge in [-0.3, -0.25) is 0 Å². The molecule has 1 aliphatic heterocycles. The minimum absolute atomic E-state index is 0.276. The maximum absolute atomic E-state index is 10.1. The fourth-order valence-corrected chi connectivity index (χ4v) is 3.95. The zero-order valence-corrected chi connectivity index (χ0v) is 19.4. The van der Waals surface area contributed by atoms with E-state index >= 15 is 0 Å². The summed E-state index contributed by atoms with van der Waals surface area (Å²) in [7, 11) is 0. The molecular weight excluding hydrogens is 380 g/mol. The van der Waals surface area contributed by atoms with Gasteiger partial charge in [0, 0.05) is 6.61 Å². The predicted octanol–water partition coefficient (Wildman–Crippen LogP) is 4.91. The van der Waals surface area contributed by atoms with Crippen molar-refractivity contribution in [3.8, 4) is 0 Å². The Morgan fingerprint density at radius 2 is 1.40 bits per heavy atom. The van der Waals surface area contributed by atoms with Crippen molar-refractivity contribution in [1.82, 2.24) is 0 Å². The third-order valence-corrected chi connectivity index (χ3v) is 5.97. The lowest BCUT2D eigenvalue weighted by Crippen LogP contribution is -2.41. The minimum atomic E-state index is -1.05. The van der Waals surface area contributed by atoms with Gasteiger partial charge in [-0.25, -0.2) is 0 Å². The Kier molecular flexibility index (Phi) is 17.7. The molecule has 0 unspecified atom stereocenters. The summed E-state index contributed by atoms with van der Waals surface area (Å²) in [6, 6.07) is 0. The molecule has 0 bridgehead atoms. The summed E-state index contributed by atoms with van der Waals surface area (Å²) >= 11 is 0. The van der Waals surface area contributed by atoms with E-state index in [0.29, 0.717) is 6.61 Å². The molecule has 0 aliphatic carbocycles. The first-order chi connectivity index (χ1) is 14.7. The Labute approximate surface area is 184 Å². The summed E-state index contributed by atoms with van der Waals surface area (Å²) in [6.07, 6.45) is 21.0. The van der Waals surface area contributed by atoms with E-state index in [4.69, 9.17) is 14.6 Å². The first-order valence-corrected chi connectivity index (χ1v) is 12.6. The standard InChI is InChI=1S/C25H48O5/c1-2-3-4-5-6-7-8-9-10-11-12-13-14-15-16-17-18-19-29-23-21-30-25(24(23)28)22(27)20-26/h5-6,22-28H,2-4,7-21H2,1H3/b6-5+/t22-,23+,24-,25-/m0/s1. The highest BCUT2D eigenvalue weighted by Gasteiger charge is 2.40. The molecule has 0 radical (unpaired) electrons. The average molecular weight is 429 g/mol. The highest BCUT2D eigenvalue weighted by molar-refractivity contribution is 4.88. The third kappa shape index (κ3) is 13.1. The molecule has 0 aromatic heterocycles. The largest absolute Gasteiger partial charge is 0.394 e. The van der Waals surface area contributed by atoms with Crippen LogP contribution in [0.4, 0.5) is 0 Å². The van der Waals surface area contributed by atoms with E-state index in [1.807, 2.05) is 0 Å². The molecule has 0 aromatic rings. The van der Waals surface area contributed by atoms with Crippen LogP contribution in [0.25, 0.3) is 0 Å². The zero-order valence-electron chi connectivity index (χ0n) is 19.4. The first kappa shape index (κ1) is 27.6. The number of allylic oxidation sites excluding steroid dienone is 2. The number of unbranched alkanes of at least 4 members (excludes halogenated alkanes) is 13. The number of hydrogen-bond acceptors (Lipinski definition) is 5. The minimum Gasteiger partial charge on any atom is -0.394 e. The van der Waals surface area contributed by atoms with Crippen LogP contribution in [0.3, 0.4) is 0 Å². The zero-order chi connectivity index (χ0) is 21.9. The van der Waals surface area contributed by atoms with Gasteiger partial charge in [0.1, 0.15) is 24.4 Å². The second-order valence-electron chi connectivity index (χ2n) is 8.74. The Balaban J connectivity index is 1.79. The van der Waals surface area contributed by atoms with Gasteiger partial charge in [-0.05, 0) is 25.7 Å². The number of rotatable bonds is 20.